The number of aryl methyl sites for hydroxylation is 1. The number of nitrogens with zero attached hydrogens (tertiary/aromatic N) is 1. The zero-order chi connectivity index (χ0) is 19.0. The first-order chi connectivity index (χ1) is 13.0. The highest BCUT2D eigenvalue weighted by Gasteiger charge is 2.22. The van der Waals surface area contributed by atoms with Gasteiger partial charge in [-0.05, 0) is 31.2 Å². The number of para-hydroxylation sites is 2. The summed E-state index contributed by atoms with van der Waals surface area (Å²) in [6.45, 7) is 1.93. The fourth-order valence-corrected chi connectivity index (χ4v) is 4.62. The van der Waals surface area contributed by atoms with Crippen LogP contribution >= 0.6 is 0 Å². The van der Waals surface area contributed by atoms with E-state index < -0.39 is 10.0 Å². The van der Waals surface area contributed by atoms with E-state index in [1.54, 1.807) is 37.6 Å². The van der Waals surface area contributed by atoms with E-state index in [-0.39, 0.29) is 4.90 Å². The highest BCUT2D eigenvalue weighted by Crippen LogP contribution is 2.37. The number of methoxy groups -OCH3 is 1. The fourth-order valence-electron chi connectivity index (χ4n) is 3.25. The molecule has 1 heterocycles. The topological polar surface area (TPSA) is 48.3 Å². The molecule has 0 radical (unpaired) electrons. The van der Waals surface area contributed by atoms with Crippen molar-refractivity contribution in [2.45, 2.75) is 11.8 Å². The van der Waals surface area contributed by atoms with Crippen molar-refractivity contribution < 1.29 is 13.2 Å². The molecule has 1 aromatic heterocycles. The van der Waals surface area contributed by atoms with Crippen molar-refractivity contribution in [3.8, 4) is 16.9 Å². The van der Waals surface area contributed by atoms with Crippen LogP contribution in [0.25, 0.3) is 22.0 Å². The molecule has 0 bridgehead atoms. The molecule has 4 nitrogen and oxygen atoms in total. The SMILES string of the molecule is COc1ccccc1-c1cn(S(=O)(=O)c2ccc(C)cc2)c2ccccc12. The van der Waals surface area contributed by atoms with Crippen LogP contribution in [0.15, 0.2) is 83.9 Å². The van der Waals surface area contributed by atoms with Gasteiger partial charge < -0.3 is 4.74 Å². The maximum Gasteiger partial charge on any atom is 0.268 e. The Kier molecular flexibility index (Phi) is 4.24. The van der Waals surface area contributed by atoms with Gasteiger partial charge in [0.25, 0.3) is 10.0 Å². The van der Waals surface area contributed by atoms with Gasteiger partial charge in [-0.1, -0.05) is 54.1 Å². The Morgan fingerprint density at radius 3 is 2.22 bits per heavy atom. The van der Waals surface area contributed by atoms with Gasteiger partial charge in [0.1, 0.15) is 5.75 Å². The first-order valence-electron chi connectivity index (χ1n) is 8.58. The van der Waals surface area contributed by atoms with E-state index in [0.717, 1.165) is 22.1 Å². The summed E-state index contributed by atoms with van der Waals surface area (Å²) in [5.41, 5.74) is 3.33. The van der Waals surface area contributed by atoms with Crippen molar-refractivity contribution in [2.24, 2.45) is 0 Å². The summed E-state index contributed by atoms with van der Waals surface area (Å²) in [6.07, 6.45) is 1.68. The molecule has 4 rings (SSSR count). The second-order valence-corrected chi connectivity index (χ2v) is 8.19. The van der Waals surface area contributed by atoms with Crippen LogP contribution in [0.5, 0.6) is 5.75 Å². The van der Waals surface area contributed by atoms with Gasteiger partial charge in [-0.25, -0.2) is 12.4 Å². The van der Waals surface area contributed by atoms with Gasteiger partial charge in [0.2, 0.25) is 0 Å². The number of hydrogen-bond acceptors (Lipinski definition) is 3. The lowest BCUT2D eigenvalue weighted by atomic mass is 10.0. The summed E-state index contributed by atoms with van der Waals surface area (Å²) in [4.78, 5) is 0.264. The van der Waals surface area contributed by atoms with E-state index in [4.69, 9.17) is 4.74 Å². The van der Waals surface area contributed by atoms with Crippen molar-refractivity contribution >= 4 is 20.9 Å². The molecular formula is C22H19NO3S. The average Bonchev–Trinajstić information content (AvgIpc) is 3.08. The van der Waals surface area contributed by atoms with Crippen LogP contribution in [-0.2, 0) is 10.0 Å². The maximum absolute atomic E-state index is 13.3. The number of hydrogen-bond donors (Lipinski definition) is 0. The van der Waals surface area contributed by atoms with Gasteiger partial charge in [0.05, 0.1) is 17.5 Å². The maximum atomic E-state index is 13.3. The zero-order valence-electron chi connectivity index (χ0n) is 15.1. The Hall–Kier alpha value is -3.05. The minimum absolute atomic E-state index is 0.264. The Labute approximate surface area is 158 Å². The van der Waals surface area contributed by atoms with Gasteiger partial charge in [0.15, 0.2) is 0 Å². The molecule has 0 aliphatic carbocycles. The van der Waals surface area contributed by atoms with Gasteiger partial charge in [0, 0.05) is 22.7 Å². The van der Waals surface area contributed by atoms with Crippen molar-refractivity contribution in [3.05, 3.63) is 84.6 Å². The first-order valence-corrected chi connectivity index (χ1v) is 10.0. The van der Waals surface area contributed by atoms with E-state index in [9.17, 15) is 8.42 Å². The third-order valence-corrected chi connectivity index (χ3v) is 6.34. The third-order valence-electron chi connectivity index (χ3n) is 4.65. The zero-order valence-corrected chi connectivity index (χ0v) is 15.9. The normalized spacial score (nSPS) is 11.6. The molecule has 136 valence electrons. The lowest BCUT2D eigenvalue weighted by Crippen LogP contribution is -2.11. The molecule has 5 heteroatoms. The molecule has 0 saturated heterocycles. The molecule has 0 unspecified atom stereocenters. The second kappa shape index (κ2) is 6.59. The highest BCUT2D eigenvalue weighted by atomic mass is 32.2. The summed E-state index contributed by atoms with van der Waals surface area (Å²) < 4.78 is 33.4. The Morgan fingerprint density at radius 1 is 0.815 bits per heavy atom. The van der Waals surface area contributed by atoms with E-state index in [0.29, 0.717) is 11.3 Å². The quantitative estimate of drug-likeness (QED) is 0.510. The summed E-state index contributed by atoms with van der Waals surface area (Å²) in [5.74, 6) is 0.702. The van der Waals surface area contributed by atoms with Crippen LogP contribution in [-0.4, -0.2) is 19.5 Å². The fraction of sp³-hybridized carbons (Fsp3) is 0.0909. The van der Waals surface area contributed by atoms with Crippen LogP contribution in [0.3, 0.4) is 0 Å². The second-order valence-electron chi connectivity index (χ2n) is 6.37. The van der Waals surface area contributed by atoms with E-state index in [2.05, 4.69) is 0 Å². The van der Waals surface area contributed by atoms with Gasteiger partial charge in [-0.15, -0.1) is 0 Å². The highest BCUT2D eigenvalue weighted by molar-refractivity contribution is 7.90. The summed E-state index contributed by atoms with van der Waals surface area (Å²) in [7, 11) is -2.10. The smallest absolute Gasteiger partial charge is 0.268 e. The molecule has 0 aliphatic heterocycles. The van der Waals surface area contributed by atoms with Gasteiger partial charge >= 0.3 is 0 Å². The summed E-state index contributed by atoms with van der Waals surface area (Å²) >= 11 is 0. The molecule has 0 aliphatic rings. The number of aromatic nitrogens is 1. The molecule has 0 saturated carbocycles. The molecule has 27 heavy (non-hydrogen) atoms. The van der Waals surface area contributed by atoms with Crippen molar-refractivity contribution in [1.82, 2.24) is 3.97 Å². The average molecular weight is 377 g/mol. The van der Waals surface area contributed by atoms with Crippen LogP contribution < -0.4 is 4.74 Å². The molecule has 0 amide bonds. The minimum Gasteiger partial charge on any atom is -0.496 e. The lowest BCUT2D eigenvalue weighted by molar-refractivity contribution is 0.416. The van der Waals surface area contributed by atoms with Gasteiger partial charge in [-0.2, -0.15) is 0 Å². The number of benzene rings is 3. The van der Waals surface area contributed by atoms with Crippen LogP contribution in [0.1, 0.15) is 5.56 Å². The first kappa shape index (κ1) is 17.4. The summed E-state index contributed by atoms with van der Waals surface area (Å²) in [6, 6.07) is 22.0. The van der Waals surface area contributed by atoms with Crippen molar-refractivity contribution in [1.29, 1.82) is 0 Å². The van der Waals surface area contributed by atoms with Crippen molar-refractivity contribution in [2.75, 3.05) is 7.11 Å². The van der Waals surface area contributed by atoms with Crippen molar-refractivity contribution in [3.63, 3.8) is 0 Å². The molecule has 0 atom stereocenters. The van der Waals surface area contributed by atoms with E-state index in [1.807, 2.05) is 55.5 Å². The Balaban J connectivity index is 2.00. The van der Waals surface area contributed by atoms with Crippen LogP contribution in [0, 0.1) is 6.92 Å². The monoisotopic (exact) mass is 377 g/mol. The Morgan fingerprint density at radius 2 is 1.48 bits per heavy atom. The lowest BCUT2D eigenvalue weighted by Gasteiger charge is -2.08. The van der Waals surface area contributed by atoms with Crippen LogP contribution in [0.4, 0.5) is 0 Å². The number of ether oxygens (including phenoxy) is 1. The molecule has 0 spiro atoms. The third kappa shape index (κ3) is 2.90. The predicted octanol–water partition coefficient (Wildman–Crippen LogP) is 4.86. The molecule has 0 fully saturated rings. The number of fused-ring (bicyclic) bond motifs is 1. The molecular weight excluding hydrogens is 358 g/mol. The number of rotatable bonds is 4. The minimum atomic E-state index is -3.71. The van der Waals surface area contributed by atoms with Gasteiger partial charge in [-0.3, -0.25) is 0 Å². The molecule has 4 aromatic rings. The van der Waals surface area contributed by atoms with Crippen LogP contribution in [0.2, 0.25) is 0 Å². The predicted molar refractivity (Wildman–Crippen MR) is 108 cm³/mol. The van der Waals surface area contributed by atoms with E-state index in [1.165, 1.54) is 3.97 Å². The standard InChI is InChI=1S/C22H19NO3S/c1-16-11-13-17(14-12-16)27(24,25)23-15-20(18-7-3-5-9-21(18)23)19-8-4-6-10-22(19)26-2/h3-15H,1-2H3. The summed E-state index contributed by atoms with van der Waals surface area (Å²) in [5, 5.41) is 0.859. The largest absolute Gasteiger partial charge is 0.496 e. The molecule has 3 aromatic carbocycles. The Bertz CT molecular complexity index is 1220. The molecule has 0 N–H and O–H groups in total. The van der Waals surface area contributed by atoms with E-state index >= 15 is 0 Å².